The molecule has 0 aromatic heterocycles. The molecule has 0 aromatic rings. The Morgan fingerprint density at radius 2 is 1.95 bits per heavy atom. The minimum atomic E-state index is -1.27. The fourth-order valence-corrected chi connectivity index (χ4v) is 2.04. The van der Waals surface area contributed by atoms with E-state index in [1.165, 1.54) is 0 Å². The van der Waals surface area contributed by atoms with Crippen LogP contribution >= 0.6 is 0 Å². The summed E-state index contributed by atoms with van der Waals surface area (Å²) >= 11 is 0. The van der Waals surface area contributed by atoms with Gasteiger partial charge in [0.05, 0.1) is 6.61 Å². The van der Waals surface area contributed by atoms with Gasteiger partial charge in [-0.15, -0.1) is 0 Å². The van der Waals surface area contributed by atoms with Crippen LogP contribution in [0.2, 0.25) is 0 Å². The minimum Gasteiger partial charge on any atom is -0.480 e. The monoisotopic (exact) mass is 302 g/mol. The largest absolute Gasteiger partial charge is 0.480 e. The van der Waals surface area contributed by atoms with E-state index in [2.05, 4.69) is 10.6 Å². The van der Waals surface area contributed by atoms with Gasteiger partial charge in [-0.3, -0.25) is 4.79 Å². The lowest BCUT2D eigenvalue weighted by Gasteiger charge is -2.33. The Morgan fingerprint density at radius 3 is 2.52 bits per heavy atom. The summed E-state index contributed by atoms with van der Waals surface area (Å²) in [5.41, 5.74) is -1.27. The van der Waals surface area contributed by atoms with Crippen molar-refractivity contribution in [3.8, 4) is 0 Å². The maximum absolute atomic E-state index is 11.7. The van der Waals surface area contributed by atoms with Crippen LogP contribution in [0.15, 0.2) is 0 Å². The van der Waals surface area contributed by atoms with Crippen molar-refractivity contribution in [1.29, 1.82) is 0 Å². The molecule has 0 bridgehead atoms. The molecular formula is C13H22N2O6. The van der Waals surface area contributed by atoms with Crippen molar-refractivity contribution in [1.82, 2.24) is 10.6 Å². The van der Waals surface area contributed by atoms with Gasteiger partial charge < -0.3 is 25.2 Å². The number of rotatable bonds is 7. The van der Waals surface area contributed by atoms with Crippen molar-refractivity contribution in [3.63, 3.8) is 0 Å². The van der Waals surface area contributed by atoms with E-state index in [0.717, 1.165) is 0 Å². The number of hydrogen-bond acceptors (Lipinski definition) is 5. The summed E-state index contributed by atoms with van der Waals surface area (Å²) in [5, 5.41) is 14.3. The van der Waals surface area contributed by atoms with Crippen molar-refractivity contribution in [3.05, 3.63) is 0 Å². The van der Waals surface area contributed by atoms with Gasteiger partial charge in [0.15, 0.2) is 0 Å². The van der Waals surface area contributed by atoms with Gasteiger partial charge in [0.1, 0.15) is 5.54 Å². The van der Waals surface area contributed by atoms with E-state index in [1.807, 2.05) is 0 Å². The number of carbonyl (C=O) groups excluding carboxylic acids is 2. The molecular weight excluding hydrogens is 280 g/mol. The highest BCUT2D eigenvalue weighted by atomic mass is 16.5. The number of aliphatic carboxylic acids is 1. The van der Waals surface area contributed by atoms with E-state index >= 15 is 0 Å². The van der Waals surface area contributed by atoms with Crippen LogP contribution in [0.3, 0.4) is 0 Å². The second kappa shape index (κ2) is 8.46. The number of nitrogens with one attached hydrogen (secondary N) is 2. The van der Waals surface area contributed by atoms with Crippen LogP contribution in [-0.2, 0) is 19.1 Å². The molecule has 1 saturated heterocycles. The fraction of sp³-hybridized carbons (Fsp3) is 0.769. The summed E-state index contributed by atoms with van der Waals surface area (Å²) in [4.78, 5) is 34.2. The Bertz CT molecular complexity index is 379. The molecule has 0 unspecified atom stereocenters. The third kappa shape index (κ3) is 5.58. The number of esters is 1. The predicted molar refractivity (Wildman–Crippen MR) is 72.8 cm³/mol. The van der Waals surface area contributed by atoms with Crippen LogP contribution in [0.25, 0.3) is 0 Å². The number of ether oxygens (including phenoxy) is 2. The molecule has 1 aliphatic heterocycles. The molecule has 1 rings (SSSR count). The lowest BCUT2D eigenvalue weighted by Crippen LogP contribution is -2.59. The molecule has 0 aliphatic carbocycles. The van der Waals surface area contributed by atoms with Crippen LogP contribution in [-0.4, -0.2) is 55.0 Å². The van der Waals surface area contributed by atoms with Crippen molar-refractivity contribution >= 4 is 18.0 Å². The van der Waals surface area contributed by atoms with E-state index in [9.17, 15) is 19.5 Å². The van der Waals surface area contributed by atoms with Crippen molar-refractivity contribution in [2.45, 2.75) is 38.1 Å². The Balaban J connectivity index is 2.31. The number of urea groups is 1. The topological polar surface area (TPSA) is 114 Å². The first-order chi connectivity index (χ1) is 10.00. The molecule has 1 aliphatic rings. The Hall–Kier alpha value is -1.83. The molecule has 1 fully saturated rings. The van der Waals surface area contributed by atoms with Gasteiger partial charge in [-0.25, -0.2) is 9.59 Å². The summed E-state index contributed by atoms with van der Waals surface area (Å²) in [7, 11) is 0. The normalized spacial score (nSPS) is 16.8. The van der Waals surface area contributed by atoms with Gasteiger partial charge >= 0.3 is 18.0 Å². The van der Waals surface area contributed by atoms with Gasteiger partial charge in [-0.1, -0.05) is 0 Å². The fourth-order valence-electron chi connectivity index (χ4n) is 2.04. The molecule has 120 valence electrons. The zero-order chi connectivity index (χ0) is 15.7. The molecule has 0 atom stereocenters. The van der Waals surface area contributed by atoms with Crippen LogP contribution in [0.1, 0.15) is 32.6 Å². The van der Waals surface area contributed by atoms with Crippen LogP contribution in [0, 0.1) is 0 Å². The van der Waals surface area contributed by atoms with Crippen LogP contribution in [0.5, 0.6) is 0 Å². The third-order valence-electron chi connectivity index (χ3n) is 3.26. The molecule has 1 heterocycles. The molecule has 0 saturated carbocycles. The molecule has 0 radical (unpaired) electrons. The smallest absolute Gasteiger partial charge is 0.329 e. The van der Waals surface area contributed by atoms with E-state index < -0.39 is 17.5 Å². The van der Waals surface area contributed by atoms with Crippen LogP contribution < -0.4 is 10.6 Å². The predicted octanol–water partition coefficient (Wildman–Crippen LogP) is 0.263. The second-order valence-electron chi connectivity index (χ2n) is 4.79. The van der Waals surface area contributed by atoms with Gasteiger partial charge in [0, 0.05) is 39.0 Å². The number of carbonyl (C=O) groups is 3. The highest BCUT2D eigenvalue weighted by Crippen LogP contribution is 2.20. The average Bonchev–Trinajstić information content (AvgIpc) is 2.45. The second-order valence-corrected chi connectivity index (χ2v) is 4.79. The zero-order valence-electron chi connectivity index (χ0n) is 12.1. The zero-order valence-corrected chi connectivity index (χ0v) is 12.1. The summed E-state index contributed by atoms with van der Waals surface area (Å²) < 4.78 is 9.88. The highest BCUT2D eigenvalue weighted by Gasteiger charge is 2.41. The summed E-state index contributed by atoms with van der Waals surface area (Å²) in [6, 6.07) is -0.553. The van der Waals surface area contributed by atoms with Gasteiger partial charge in [-0.05, 0) is 13.3 Å². The van der Waals surface area contributed by atoms with Crippen molar-refractivity contribution in [2.75, 3.05) is 26.4 Å². The average molecular weight is 302 g/mol. The van der Waals surface area contributed by atoms with Crippen LogP contribution in [0.4, 0.5) is 4.79 Å². The first-order valence-corrected chi connectivity index (χ1v) is 7.03. The first kappa shape index (κ1) is 17.2. The van der Waals surface area contributed by atoms with E-state index in [4.69, 9.17) is 9.47 Å². The third-order valence-corrected chi connectivity index (χ3v) is 3.26. The molecule has 21 heavy (non-hydrogen) atoms. The molecule has 3 N–H and O–H groups in total. The highest BCUT2D eigenvalue weighted by molar-refractivity contribution is 5.86. The Morgan fingerprint density at radius 1 is 1.29 bits per heavy atom. The summed E-state index contributed by atoms with van der Waals surface area (Å²) in [5.74, 6) is -1.38. The number of carboxylic acids is 1. The standard InChI is InChI=1S/C13H22N2O6/c1-2-21-10(16)4-3-7-14-12(19)15-13(11(17)18)5-8-20-9-6-13/h2-9H2,1H3,(H,17,18)(H2,14,15,19). The van der Waals surface area contributed by atoms with Gasteiger partial charge in [0.25, 0.3) is 0 Å². The first-order valence-electron chi connectivity index (χ1n) is 7.03. The van der Waals surface area contributed by atoms with Gasteiger partial charge in [0.2, 0.25) is 0 Å². The minimum absolute atomic E-state index is 0.214. The Kier molecular flexibility index (Phi) is 6.93. The van der Waals surface area contributed by atoms with Crippen molar-refractivity contribution < 1.29 is 29.0 Å². The molecule has 0 spiro atoms. The SMILES string of the molecule is CCOC(=O)CCCNC(=O)NC1(C(=O)O)CCOCC1. The summed E-state index contributed by atoms with van der Waals surface area (Å²) in [6.45, 7) is 2.93. The summed E-state index contributed by atoms with van der Waals surface area (Å²) in [6.07, 6.45) is 1.12. The molecule has 2 amide bonds. The molecule has 0 aromatic carbocycles. The number of hydrogen-bond donors (Lipinski definition) is 3. The maximum atomic E-state index is 11.7. The quantitative estimate of drug-likeness (QED) is 0.459. The van der Waals surface area contributed by atoms with E-state index in [1.54, 1.807) is 6.92 Å². The number of carboxylic acid groups (broad SMARTS) is 1. The lowest BCUT2D eigenvalue weighted by atomic mass is 9.90. The lowest BCUT2D eigenvalue weighted by molar-refractivity contribution is -0.148. The molecule has 8 heteroatoms. The van der Waals surface area contributed by atoms with E-state index in [-0.39, 0.29) is 31.8 Å². The molecule has 8 nitrogen and oxygen atoms in total. The maximum Gasteiger partial charge on any atom is 0.329 e. The number of amides is 2. The van der Waals surface area contributed by atoms with E-state index in [0.29, 0.717) is 26.2 Å². The van der Waals surface area contributed by atoms with Crippen molar-refractivity contribution in [2.24, 2.45) is 0 Å². The Labute approximate surface area is 123 Å². The van der Waals surface area contributed by atoms with Gasteiger partial charge in [-0.2, -0.15) is 0 Å².